The van der Waals surface area contributed by atoms with Gasteiger partial charge in [-0.05, 0) is 53.7 Å². The number of rotatable bonds is 3. The highest BCUT2D eigenvalue weighted by atomic mass is 14.7. The van der Waals surface area contributed by atoms with Crippen molar-refractivity contribution in [2.75, 3.05) is 0 Å². The van der Waals surface area contributed by atoms with Crippen molar-refractivity contribution >= 4 is 12.4 Å². The fraction of sp³-hybridized carbons (Fsp3) is 0.421. The Labute approximate surface area is 123 Å². The van der Waals surface area contributed by atoms with E-state index in [0.29, 0.717) is 0 Å². The first-order chi connectivity index (χ1) is 9.31. The van der Waals surface area contributed by atoms with E-state index in [1.165, 1.54) is 24.0 Å². The van der Waals surface area contributed by atoms with Gasteiger partial charge in [0, 0.05) is 5.56 Å². The Morgan fingerprint density at radius 2 is 1.70 bits per heavy atom. The van der Waals surface area contributed by atoms with Crippen molar-refractivity contribution in [1.82, 2.24) is 0 Å². The first-order valence-corrected chi connectivity index (χ1v) is 7.27. The van der Waals surface area contributed by atoms with Crippen molar-refractivity contribution in [3.8, 4) is 0 Å². The summed E-state index contributed by atoms with van der Waals surface area (Å²) in [4.78, 5) is 4.12. The van der Waals surface area contributed by atoms with E-state index in [4.69, 9.17) is 0 Å². The summed E-state index contributed by atoms with van der Waals surface area (Å²) in [5, 5.41) is 0. The molecule has 0 amide bonds. The average molecular weight is 267 g/mol. The molecule has 0 spiro atoms. The molecule has 0 aliphatic heterocycles. The summed E-state index contributed by atoms with van der Waals surface area (Å²) in [5.41, 5.74) is 5.42. The van der Waals surface area contributed by atoms with Gasteiger partial charge >= 0.3 is 0 Å². The molecule has 0 N–H and O–H groups in total. The zero-order valence-electron chi connectivity index (χ0n) is 13.2. The molecule has 0 heterocycles. The molecule has 1 aliphatic carbocycles. The molecule has 2 rings (SSSR count). The molecule has 0 atom stereocenters. The van der Waals surface area contributed by atoms with Crippen LogP contribution >= 0.6 is 0 Å². The normalized spacial score (nSPS) is 20.1. The highest BCUT2D eigenvalue weighted by molar-refractivity contribution is 5.70. The smallest absolute Gasteiger partial charge is 0.0694 e. The summed E-state index contributed by atoms with van der Waals surface area (Å²) >= 11 is 0. The lowest BCUT2D eigenvalue weighted by atomic mass is 9.63. The number of benzene rings is 1. The third kappa shape index (κ3) is 2.49. The predicted molar refractivity (Wildman–Crippen MR) is 89.5 cm³/mol. The molecule has 1 nitrogen and oxygen atoms in total. The average Bonchev–Trinajstić information content (AvgIpc) is 2.41. The van der Waals surface area contributed by atoms with E-state index in [-0.39, 0.29) is 10.8 Å². The number of fused-ring (bicyclic) bond motifs is 1. The summed E-state index contributed by atoms with van der Waals surface area (Å²) in [6, 6.07) is 6.72. The van der Waals surface area contributed by atoms with E-state index < -0.39 is 0 Å². The van der Waals surface area contributed by atoms with Crippen LogP contribution in [0.2, 0.25) is 0 Å². The van der Waals surface area contributed by atoms with Gasteiger partial charge in [0.15, 0.2) is 0 Å². The highest BCUT2D eigenvalue weighted by Gasteiger charge is 2.36. The highest BCUT2D eigenvalue weighted by Crippen LogP contribution is 2.46. The van der Waals surface area contributed by atoms with Gasteiger partial charge in [0.1, 0.15) is 0 Å². The topological polar surface area (TPSA) is 12.4 Å². The third-order valence-electron chi connectivity index (χ3n) is 4.59. The van der Waals surface area contributed by atoms with Crippen LogP contribution in [-0.2, 0) is 10.8 Å². The van der Waals surface area contributed by atoms with E-state index in [1.807, 2.05) is 6.08 Å². The van der Waals surface area contributed by atoms with Crippen molar-refractivity contribution in [2.24, 2.45) is 4.99 Å². The van der Waals surface area contributed by atoms with Gasteiger partial charge in [-0.1, -0.05) is 52.5 Å². The minimum atomic E-state index is 0.224. The summed E-state index contributed by atoms with van der Waals surface area (Å²) in [7, 11) is 0. The van der Waals surface area contributed by atoms with Crippen LogP contribution in [0.3, 0.4) is 0 Å². The summed E-state index contributed by atoms with van der Waals surface area (Å²) < 4.78 is 0. The number of hydrogen-bond donors (Lipinski definition) is 0. The molecule has 1 aromatic rings. The van der Waals surface area contributed by atoms with Crippen LogP contribution in [-0.4, -0.2) is 6.72 Å². The minimum Gasteiger partial charge on any atom is -0.264 e. The molecule has 0 bridgehead atoms. The maximum atomic E-state index is 4.12. The molecule has 0 radical (unpaired) electrons. The SMILES string of the molecule is C=CC=C(N=C)c1ccc2c(c1)C(C)(C)CCC2(C)C. The van der Waals surface area contributed by atoms with Crippen molar-refractivity contribution in [3.63, 3.8) is 0 Å². The second kappa shape index (κ2) is 5.05. The zero-order valence-corrected chi connectivity index (χ0v) is 13.2. The molecule has 1 aromatic carbocycles. The molecule has 106 valence electrons. The number of hydrogen-bond acceptors (Lipinski definition) is 1. The fourth-order valence-corrected chi connectivity index (χ4v) is 3.10. The number of nitrogens with zero attached hydrogens (tertiary/aromatic N) is 1. The largest absolute Gasteiger partial charge is 0.264 e. The first kappa shape index (κ1) is 14.8. The van der Waals surface area contributed by atoms with E-state index >= 15 is 0 Å². The third-order valence-corrected chi connectivity index (χ3v) is 4.59. The van der Waals surface area contributed by atoms with E-state index in [0.717, 1.165) is 11.3 Å². The quantitative estimate of drug-likeness (QED) is 0.523. The number of allylic oxidation sites excluding steroid dienone is 2. The van der Waals surface area contributed by atoms with Crippen LogP contribution in [0.1, 0.15) is 57.2 Å². The lowest BCUT2D eigenvalue weighted by Crippen LogP contribution is -2.33. The van der Waals surface area contributed by atoms with Crippen LogP contribution in [0, 0.1) is 0 Å². The summed E-state index contributed by atoms with van der Waals surface area (Å²) in [5.74, 6) is 0. The van der Waals surface area contributed by atoms with Crippen molar-refractivity contribution in [3.05, 3.63) is 53.6 Å². The molecular formula is C19H25N. The van der Waals surface area contributed by atoms with Crippen LogP contribution in [0.15, 0.2) is 41.9 Å². The molecule has 0 aromatic heterocycles. The zero-order chi connectivity index (χ0) is 15.0. The van der Waals surface area contributed by atoms with Crippen molar-refractivity contribution in [1.29, 1.82) is 0 Å². The van der Waals surface area contributed by atoms with Crippen LogP contribution in [0.25, 0.3) is 5.70 Å². The van der Waals surface area contributed by atoms with Gasteiger partial charge in [0.2, 0.25) is 0 Å². The van der Waals surface area contributed by atoms with Crippen LogP contribution in [0.4, 0.5) is 0 Å². The standard InChI is InChI=1S/C19H25N/c1-7-8-17(20-6)14-9-10-15-16(13-14)19(4,5)12-11-18(15,2)3/h7-10,13H,1,6,11-12H2,2-5H3. The molecule has 1 heteroatoms. The van der Waals surface area contributed by atoms with Gasteiger partial charge in [0.05, 0.1) is 5.70 Å². The van der Waals surface area contributed by atoms with Crippen molar-refractivity contribution < 1.29 is 0 Å². The second-order valence-electron chi connectivity index (χ2n) is 6.97. The number of aliphatic imine (C=N–C) groups is 1. The van der Waals surface area contributed by atoms with Gasteiger partial charge < -0.3 is 0 Å². The summed E-state index contributed by atoms with van der Waals surface area (Å²) in [6.45, 7) is 16.8. The maximum absolute atomic E-state index is 4.12. The van der Waals surface area contributed by atoms with Crippen molar-refractivity contribution in [2.45, 2.75) is 51.4 Å². The van der Waals surface area contributed by atoms with Crippen LogP contribution in [0.5, 0.6) is 0 Å². The molecule has 0 unspecified atom stereocenters. The lowest BCUT2D eigenvalue weighted by Gasteiger charge is -2.42. The fourth-order valence-electron chi connectivity index (χ4n) is 3.10. The molecule has 0 fully saturated rings. The van der Waals surface area contributed by atoms with Gasteiger partial charge in [-0.25, -0.2) is 0 Å². The Bertz CT molecular complexity index is 573. The molecule has 20 heavy (non-hydrogen) atoms. The summed E-state index contributed by atoms with van der Waals surface area (Å²) in [6.07, 6.45) is 6.13. The van der Waals surface area contributed by atoms with E-state index in [2.05, 4.69) is 64.2 Å². The maximum Gasteiger partial charge on any atom is 0.0694 e. The van der Waals surface area contributed by atoms with Gasteiger partial charge in [-0.2, -0.15) is 0 Å². The Balaban J connectivity index is 2.62. The monoisotopic (exact) mass is 267 g/mol. The Hall–Kier alpha value is -1.63. The first-order valence-electron chi connectivity index (χ1n) is 7.27. The lowest BCUT2D eigenvalue weighted by molar-refractivity contribution is 0.332. The Kier molecular flexibility index (Phi) is 3.73. The van der Waals surface area contributed by atoms with Crippen LogP contribution < -0.4 is 0 Å². The predicted octanol–water partition coefficient (Wildman–Crippen LogP) is 5.26. The Morgan fingerprint density at radius 3 is 2.25 bits per heavy atom. The van der Waals surface area contributed by atoms with E-state index in [1.54, 1.807) is 6.08 Å². The molecule has 1 aliphatic rings. The van der Waals surface area contributed by atoms with Gasteiger partial charge in [-0.15, -0.1) is 0 Å². The molecule has 0 saturated carbocycles. The van der Waals surface area contributed by atoms with E-state index in [9.17, 15) is 0 Å². The second-order valence-corrected chi connectivity index (χ2v) is 6.97. The minimum absolute atomic E-state index is 0.224. The molecule has 0 saturated heterocycles. The van der Waals surface area contributed by atoms with Gasteiger partial charge in [-0.3, -0.25) is 4.99 Å². The molecular weight excluding hydrogens is 242 g/mol. The van der Waals surface area contributed by atoms with Gasteiger partial charge in [0.25, 0.3) is 0 Å². The Morgan fingerprint density at radius 1 is 1.10 bits per heavy atom.